The molecule has 5 heteroatoms. The summed E-state index contributed by atoms with van der Waals surface area (Å²) in [6, 6.07) is 14.2. The van der Waals surface area contributed by atoms with Gasteiger partial charge in [0.15, 0.2) is 0 Å². The molecule has 0 aliphatic carbocycles. The standard InChI is InChI=1S/C17H18N2O3/c18-14-5-2-4-13(11-14)17(22)19-15-9-7-12(8-10-15)3-1-6-16(20)21/h2,4-5,7-11H,1,3,6,18H2,(H,19,22)(H,20,21). The summed E-state index contributed by atoms with van der Waals surface area (Å²) < 4.78 is 0. The Kier molecular flexibility index (Phi) is 5.14. The smallest absolute Gasteiger partial charge is 0.303 e. The second-order valence-corrected chi connectivity index (χ2v) is 5.02. The summed E-state index contributed by atoms with van der Waals surface area (Å²) in [5, 5.41) is 11.4. The SMILES string of the molecule is Nc1cccc(C(=O)Nc2ccc(CCCC(=O)O)cc2)c1. The number of amides is 1. The number of nitrogens with two attached hydrogens (primary N) is 1. The first kappa shape index (κ1) is 15.6. The number of hydrogen-bond donors (Lipinski definition) is 3. The van der Waals surface area contributed by atoms with Crippen molar-refractivity contribution >= 4 is 23.3 Å². The normalized spacial score (nSPS) is 10.2. The molecule has 0 aromatic heterocycles. The molecule has 0 saturated heterocycles. The van der Waals surface area contributed by atoms with Crippen LogP contribution in [0.3, 0.4) is 0 Å². The molecule has 22 heavy (non-hydrogen) atoms. The Labute approximate surface area is 128 Å². The average molecular weight is 298 g/mol. The lowest BCUT2D eigenvalue weighted by atomic mass is 10.1. The van der Waals surface area contributed by atoms with Gasteiger partial charge in [-0.2, -0.15) is 0 Å². The zero-order valence-corrected chi connectivity index (χ0v) is 12.1. The van der Waals surface area contributed by atoms with E-state index in [9.17, 15) is 9.59 Å². The molecule has 0 aliphatic rings. The number of carbonyl (C=O) groups is 2. The predicted octanol–water partition coefficient (Wildman–Crippen LogP) is 2.93. The summed E-state index contributed by atoms with van der Waals surface area (Å²) in [6.45, 7) is 0. The monoisotopic (exact) mass is 298 g/mol. The van der Waals surface area contributed by atoms with Gasteiger partial charge in [-0.15, -0.1) is 0 Å². The number of hydrogen-bond acceptors (Lipinski definition) is 3. The van der Waals surface area contributed by atoms with Crippen LogP contribution < -0.4 is 11.1 Å². The quantitative estimate of drug-likeness (QED) is 0.715. The lowest BCUT2D eigenvalue weighted by Gasteiger charge is -2.07. The minimum Gasteiger partial charge on any atom is -0.481 e. The minimum atomic E-state index is -0.786. The van der Waals surface area contributed by atoms with Crippen LogP contribution in [0.15, 0.2) is 48.5 Å². The maximum absolute atomic E-state index is 12.1. The number of aryl methyl sites for hydroxylation is 1. The zero-order chi connectivity index (χ0) is 15.9. The second-order valence-electron chi connectivity index (χ2n) is 5.02. The van der Waals surface area contributed by atoms with Crippen molar-refractivity contribution < 1.29 is 14.7 Å². The number of aliphatic carboxylic acids is 1. The van der Waals surface area contributed by atoms with Crippen molar-refractivity contribution in [2.45, 2.75) is 19.3 Å². The molecule has 114 valence electrons. The number of benzene rings is 2. The van der Waals surface area contributed by atoms with Gasteiger partial charge in [0.05, 0.1) is 0 Å². The Hall–Kier alpha value is -2.82. The fourth-order valence-electron chi connectivity index (χ4n) is 2.08. The van der Waals surface area contributed by atoms with Gasteiger partial charge in [-0.3, -0.25) is 9.59 Å². The van der Waals surface area contributed by atoms with Crippen LogP contribution in [0.4, 0.5) is 11.4 Å². The molecule has 0 spiro atoms. The van der Waals surface area contributed by atoms with Gasteiger partial charge in [0.1, 0.15) is 0 Å². The third-order valence-electron chi connectivity index (χ3n) is 3.22. The van der Waals surface area contributed by atoms with E-state index in [1.54, 1.807) is 36.4 Å². The Balaban J connectivity index is 1.93. The molecule has 2 aromatic rings. The Bertz CT molecular complexity index is 666. The van der Waals surface area contributed by atoms with Gasteiger partial charge >= 0.3 is 5.97 Å². The first-order chi connectivity index (χ1) is 10.5. The average Bonchev–Trinajstić information content (AvgIpc) is 2.48. The Morgan fingerprint density at radius 3 is 2.45 bits per heavy atom. The molecule has 2 aromatic carbocycles. The topological polar surface area (TPSA) is 92.4 Å². The number of carbonyl (C=O) groups excluding carboxylic acids is 1. The molecule has 0 radical (unpaired) electrons. The van der Waals surface area contributed by atoms with Crippen LogP contribution >= 0.6 is 0 Å². The van der Waals surface area contributed by atoms with Gasteiger partial charge in [-0.25, -0.2) is 0 Å². The lowest BCUT2D eigenvalue weighted by Crippen LogP contribution is -2.12. The fourth-order valence-corrected chi connectivity index (χ4v) is 2.08. The molecule has 0 unspecified atom stereocenters. The zero-order valence-electron chi connectivity index (χ0n) is 12.1. The van der Waals surface area contributed by atoms with Gasteiger partial charge in [-0.1, -0.05) is 18.2 Å². The van der Waals surface area contributed by atoms with Crippen LogP contribution in [0.25, 0.3) is 0 Å². The van der Waals surface area contributed by atoms with Crippen molar-refractivity contribution in [3.8, 4) is 0 Å². The molecule has 0 heterocycles. The van der Waals surface area contributed by atoms with Crippen LogP contribution in [0.1, 0.15) is 28.8 Å². The van der Waals surface area contributed by atoms with Gasteiger partial charge < -0.3 is 16.2 Å². The van der Waals surface area contributed by atoms with Crippen LogP contribution in [0.2, 0.25) is 0 Å². The summed E-state index contributed by atoms with van der Waals surface area (Å²) in [5.41, 5.74) is 8.44. The molecule has 2 rings (SSSR count). The third-order valence-corrected chi connectivity index (χ3v) is 3.22. The number of rotatable bonds is 6. The minimum absolute atomic E-state index is 0.161. The van der Waals surface area contributed by atoms with Crippen molar-refractivity contribution in [3.05, 3.63) is 59.7 Å². The summed E-state index contributed by atoms with van der Waals surface area (Å²) >= 11 is 0. The molecule has 0 aliphatic heterocycles. The van der Waals surface area contributed by atoms with E-state index in [-0.39, 0.29) is 12.3 Å². The molecule has 0 saturated carbocycles. The first-order valence-corrected chi connectivity index (χ1v) is 7.02. The van der Waals surface area contributed by atoms with Crippen molar-refractivity contribution in [2.75, 3.05) is 11.1 Å². The van der Waals surface area contributed by atoms with E-state index in [1.807, 2.05) is 12.1 Å². The van der Waals surface area contributed by atoms with Gasteiger partial charge in [0, 0.05) is 23.4 Å². The van der Waals surface area contributed by atoms with Crippen LogP contribution in [-0.4, -0.2) is 17.0 Å². The molecular formula is C17H18N2O3. The summed E-state index contributed by atoms with van der Waals surface area (Å²) in [6.07, 6.45) is 1.47. The molecule has 5 nitrogen and oxygen atoms in total. The highest BCUT2D eigenvalue weighted by Gasteiger charge is 2.06. The fraction of sp³-hybridized carbons (Fsp3) is 0.176. The highest BCUT2D eigenvalue weighted by Crippen LogP contribution is 2.14. The van der Waals surface area contributed by atoms with E-state index in [0.29, 0.717) is 29.8 Å². The second kappa shape index (κ2) is 7.26. The number of nitrogen functional groups attached to an aromatic ring is 1. The molecule has 4 N–H and O–H groups in total. The van der Waals surface area contributed by atoms with E-state index in [0.717, 1.165) is 5.56 Å². The number of nitrogens with one attached hydrogen (secondary N) is 1. The van der Waals surface area contributed by atoms with E-state index in [2.05, 4.69) is 5.32 Å². The van der Waals surface area contributed by atoms with Crippen molar-refractivity contribution in [1.29, 1.82) is 0 Å². The molecule has 0 atom stereocenters. The summed E-state index contributed by atoms with van der Waals surface area (Å²) in [5.74, 6) is -1.00. The molecule has 0 fully saturated rings. The molecule has 0 bridgehead atoms. The highest BCUT2D eigenvalue weighted by molar-refractivity contribution is 6.04. The highest BCUT2D eigenvalue weighted by atomic mass is 16.4. The van der Waals surface area contributed by atoms with Gasteiger partial charge in [0.2, 0.25) is 0 Å². The maximum Gasteiger partial charge on any atom is 0.303 e. The lowest BCUT2D eigenvalue weighted by molar-refractivity contribution is -0.137. The predicted molar refractivity (Wildman–Crippen MR) is 85.8 cm³/mol. The van der Waals surface area contributed by atoms with Crippen LogP contribution in [-0.2, 0) is 11.2 Å². The van der Waals surface area contributed by atoms with Crippen LogP contribution in [0, 0.1) is 0 Å². The van der Waals surface area contributed by atoms with Crippen LogP contribution in [0.5, 0.6) is 0 Å². The van der Waals surface area contributed by atoms with Crippen molar-refractivity contribution in [1.82, 2.24) is 0 Å². The summed E-state index contributed by atoms with van der Waals surface area (Å²) in [7, 11) is 0. The van der Waals surface area contributed by atoms with Gasteiger partial charge in [0.25, 0.3) is 5.91 Å². The maximum atomic E-state index is 12.1. The molecule has 1 amide bonds. The van der Waals surface area contributed by atoms with Crippen molar-refractivity contribution in [2.24, 2.45) is 0 Å². The van der Waals surface area contributed by atoms with E-state index >= 15 is 0 Å². The molecular weight excluding hydrogens is 280 g/mol. The number of carboxylic acids is 1. The van der Waals surface area contributed by atoms with Crippen molar-refractivity contribution in [3.63, 3.8) is 0 Å². The van der Waals surface area contributed by atoms with E-state index in [1.165, 1.54) is 0 Å². The van der Waals surface area contributed by atoms with Gasteiger partial charge in [-0.05, 0) is 48.7 Å². The number of anilines is 2. The third kappa shape index (κ3) is 4.63. The first-order valence-electron chi connectivity index (χ1n) is 7.02. The Morgan fingerprint density at radius 1 is 1.09 bits per heavy atom. The van der Waals surface area contributed by atoms with E-state index < -0.39 is 5.97 Å². The summed E-state index contributed by atoms with van der Waals surface area (Å²) in [4.78, 5) is 22.5. The number of carboxylic acid groups (broad SMARTS) is 1. The largest absolute Gasteiger partial charge is 0.481 e. The Morgan fingerprint density at radius 2 is 1.82 bits per heavy atom. The van der Waals surface area contributed by atoms with E-state index in [4.69, 9.17) is 10.8 Å².